The second-order valence-corrected chi connectivity index (χ2v) is 12.6. The van der Waals surface area contributed by atoms with Crippen LogP contribution in [0.5, 0.6) is 5.88 Å². The Labute approximate surface area is 246 Å². The Bertz CT molecular complexity index is 1660. The molecule has 2 N–H and O–H groups in total. The monoisotopic (exact) mass is 594 g/mol. The number of benzene rings is 2. The van der Waals surface area contributed by atoms with Gasteiger partial charge in [0, 0.05) is 29.2 Å². The first-order chi connectivity index (χ1) is 19.7. The summed E-state index contributed by atoms with van der Waals surface area (Å²) in [7, 11) is 1.87. The minimum atomic E-state index is -3.93. The van der Waals surface area contributed by atoms with Crippen molar-refractivity contribution >= 4 is 44.3 Å². The fourth-order valence-corrected chi connectivity index (χ4v) is 6.88. The lowest BCUT2D eigenvalue weighted by molar-refractivity contribution is 0.221. The van der Waals surface area contributed by atoms with Crippen LogP contribution in [-0.2, 0) is 16.4 Å². The van der Waals surface area contributed by atoms with Crippen molar-refractivity contribution in [3.8, 4) is 17.0 Å². The lowest BCUT2D eigenvalue weighted by Crippen LogP contribution is -2.36. The summed E-state index contributed by atoms with van der Waals surface area (Å²) in [6, 6.07) is 14.7. The van der Waals surface area contributed by atoms with Gasteiger partial charge < -0.3 is 15.0 Å². The third-order valence-corrected chi connectivity index (χ3v) is 9.49. The zero-order valence-corrected chi connectivity index (χ0v) is 25.3. The highest BCUT2D eigenvalue weighted by molar-refractivity contribution is 7.92. The van der Waals surface area contributed by atoms with Crippen molar-refractivity contribution in [1.29, 1.82) is 0 Å². The number of pyridine rings is 1. The highest BCUT2D eigenvalue weighted by Gasteiger charge is 2.23. The molecule has 0 atom stereocenters. The summed E-state index contributed by atoms with van der Waals surface area (Å²) >= 11 is 6.11. The molecule has 2 aromatic carbocycles. The van der Waals surface area contributed by atoms with Gasteiger partial charge in [0.15, 0.2) is 0 Å². The van der Waals surface area contributed by atoms with E-state index >= 15 is 0 Å². The molecular weight excluding hydrogens is 560 g/mol. The second-order valence-electron chi connectivity index (χ2n) is 10.5. The van der Waals surface area contributed by atoms with E-state index in [4.69, 9.17) is 21.3 Å². The number of ether oxygens (including phenoxy) is 1. The van der Waals surface area contributed by atoms with Crippen molar-refractivity contribution in [2.45, 2.75) is 56.0 Å². The molecule has 5 rings (SSSR count). The van der Waals surface area contributed by atoms with E-state index in [-0.39, 0.29) is 15.7 Å². The molecular formula is C30H35ClN6O3S. The smallest absolute Gasteiger partial charge is 0.264 e. The van der Waals surface area contributed by atoms with Gasteiger partial charge in [-0.3, -0.25) is 4.72 Å². The molecule has 216 valence electrons. The minimum Gasteiger partial charge on any atom is -0.480 e. The van der Waals surface area contributed by atoms with Crippen LogP contribution >= 0.6 is 11.6 Å². The average molecular weight is 595 g/mol. The summed E-state index contributed by atoms with van der Waals surface area (Å²) in [6.45, 7) is 2.10. The van der Waals surface area contributed by atoms with E-state index in [1.807, 2.05) is 12.3 Å². The van der Waals surface area contributed by atoms with Gasteiger partial charge in [0.2, 0.25) is 11.8 Å². The molecule has 0 aliphatic heterocycles. The summed E-state index contributed by atoms with van der Waals surface area (Å²) in [5, 5.41) is 4.59. The number of hydrogen-bond acceptors (Lipinski definition) is 8. The molecule has 0 amide bonds. The van der Waals surface area contributed by atoms with Gasteiger partial charge in [0.25, 0.3) is 10.0 Å². The van der Waals surface area contributed by atoms with E-state index in [1.54, 1.807) is 24.3 Å². The first-order valence-corrected chi connectivity index (χ1v) is 15.6. The summed E-state index contributed by atoms with van der Waals surface area (Å²) < 4.78 is 33.9. The van der Waals surface area contributed by atoms with E-state index in [0.717, 1.165) is 59.7 Å². The molecule has 9 nitrogen and oxygen atoms in total. The summed E-state index contributed by atoms with van der Waals surface area (Å²) in [4.78, 5) is 16.3. The first-order valence-electron chi connectivity index (χ1n) is 13.7. The van der Waals surface area contributed by atoms with Crippen LogP contribution < -0.4 is 14.8 Å². The van der Waals surface area contributed by atoms with Gasteiger partial charge in [-0.1, -0.05) is 30.7 Å². The normalized spacial score (nSPS) is 17.5. The molecule has 0 radical (unpaired) electrons. The number of rotatable bonds is 9. The van der Waals surface area contributed by atoms with Crippen LogP contribution in [0.2, 0.25) is 5.02 Å². The van der Waals surface area contributed by atoms with Crippen LogP contribution in [0.3, 0.4) is 0 Å². The third-order valence-electron chi connectivity index (χ3n) is 7.63. The Morgan fingerprint density at radius 1 is 1.05 bits per heavy atom. The molecule has 11 heteroatoms. The van der Waals surface area contributed by atoms with Gasteiger partial charge in [-0.2, -0.15) is 4.98 Å². The van der Waals surface area contributed by atoms with Crippen LogP contribution in [0.15, 0.2) is 59.6 Å². The number of nitrogens with zero attached hydrogens (tertiary/aromatic N) is 4. The highest BCUT2D eigenvalue weighted by Crippen LogP contribution is 2.34. The fourth-order valence-electron chi connectivity index (χ4n) is 5.36. The molecule has 0 saturated heterocycles. The number of fused-ring (bicyclic) bond motifs is 1. The maximum absolute atomic E-state index is 12.9. The van der Waals surface area contributed by atoms with Crippen LogP contribution in [0, 0.1) is 0 Å². The molecule has 1 fully saturated rings. The maximum Gasteiger partial charge on any atom is 0.264 e. The standard InChI is InChI=1S/C30H35ClN6O3S/c1-5-19-16-20(17-21-18-32-30(35-28(19)21)33-22-10-12-23(13-11-22)37(2)3)24-14-15-27(34-29(24)40-4)36-41(38,39)26-9-7-6-8-25(26)31/h6-9,14-18,22-23H,5,10-13H2,1-4H3,(H,34,36)(H,32,33,35)/t22-,23-. The number of nitrogens with one attached hydrogen (secondary N) is 2. The Morgan fingerprint density at radius 3 is 2.49 bits per heavy atom. The SMILES string of the molecule is CCc1cc(-c2ccc(NS(=O)(=O)c3ccccc3Cl)nc2OC)cc2cnc(N[C@H]3CC[C@H](N(C)C)CC3)nc12. The van der Waals surface area contributed by atoms with Gasteiger partial charge in [-0.05, 0) is 93.7 Å². The Kier molecular flexibility index (Phi) is 8.63. The van der Waals surface area contributed by atoms with E-state index in [1.165, 1.54) is 19.2 Å². The van der Waals surface area contributed by atoms with Crippen molar-refractivity contribution in [1.82, 2.24) is 19.9 Å². The highest BCUT2D eigenvalue weighted by atomic mass is 35.5. The van der Waals surface area contributed by atoms with Crippen LogP contribution in [0.25, 0.3) is 22.0 Å². The lowest BCUT2D eigenvalue weighted by Gasteiger charge is -2.32. The number of aryl methyl sites for hydroxylation is 1. The average Bonchev–Trinajstić information content (AvgIpc) is 2.96. The molecule has 1 saturated carbocycles. The molecule has 41 heavy (non-hydrogen) atoms. The molecule has 0 bridgehead atoms. The molecule has 2 aromatic heterocycles. The Hall–Kier alpha value is -3.47. The van der Waals surface area contributed by atoms with Crippen molar-refractivity contribution in [3.63, 3.8) is 0 Å². The van der Waals surface area contributed by atoms with E-state index in [0.29, 0.717) is 23.9 Å². The number of methoxy groups -OCH3 is 1. The van der Waals surface area contributed by atoms with Gasteiger partial charge in [-0.15, -0.1) is 0 Å². The number of hydrogen-bond donors (Lipinski definition) is 2. The number of aromatic nitrogens is 3. The lowest BCUT2D eigenvalue weighted by atomic mass is 9.90. The summed E-state index contributed by atoms with van der Waals surface area (Å²) in [5.74, 6) is 1.07. The first kappa shape index (κ1) is 29.0. The Morgan fingerprint density at radius 2 is 1.80 bits per heavy atom. The van der Waals surface area contributed by atoms with Gasteiger partial charge in [-0.25, -0.2) is 18.4 Å². The maximum atomic E-state index is 12.9. The van der Waals surface area contributed by atoms with E-state index < -0.39 is 10.0 Å². The predicted octanol–water partition coefficient (Wildman–Crippen LogP) is 6.00. The third kappa shape index (κ3) is 6.39. The molecule has 1 aliphatic carbocycles. The minimum absolute atomic E-state index is 0.0243. The van der Waals surface area contributed by atoms with Crippen molar-refractivity contribution in [3.05, 3.63) is 65.3 Å². The number of halogens is 1. The fraction of sp³-hybridized carbons (Fsp3) is 0.367. The molecule has 0 spiro atoms. The van der Waals surface area contributed by atoms with Crippen molar-refractivity contribution < 1.29 is 13.2 Å². The quantitative estimate of drug-likeness (QED) is 0.243. The molecule has 1 aliphatic rings. The van der Waals surface area contributed by atoms with Crippen molar-refractivity contribution in [2.24, 2.45) is 0 Å². The summed E-state index contributed by atoms with van der Waals surface area (Å²) in [5.41, 5.74) is 3.59. The van der Waals surface area contributed by atoms with Crippen LogP contribution in [0.4, 0.5) is 11.8 Å². The van der Waals surface area contributed by atoms with Gasteiger partial charge in [0.1, 0.15) is 10.7 Å². The number of anilines is 2. The van der Waals surface area contributed by atoms with Crippen molar-refractivity contribution in [2.75, 3.05) is 31.2 Å². The van der Waals surface area contributed by atoms with Gasteiger partial charge in [0.05, 0.1) is 17.6 Å². The van der Waals surface area contributed by atoms with Crippen LogP contribution in [0.1, 0.15) is 38.2 Å². The Balaban J connectivity index is 1.40. The van der Waals surface area contributed by atoms with E-state index in [2.05, 4.69) is 52.0 Å². The topological polar surface area (TPSA) is 109 Å². The largest absolute Gasteiger partial charge is 0.480 e. The second kappa shape index (κ2) is 12.2. The zero-order chi connectivity index (χ0) is 29.1. The molecule has 4 aromatic rings. The summed E-state index contributed by atoms with van der Waals surface area (Å²) in [6.07, 6.45) is 7.16. The predicted molar refractivity (Wildman–Crippen MR) is 164 cm³/mol. The molecule has 0 unspecified atom stereocenters. The number of sulfonamides is 1. The zero-order valence-electron chi connectivity index (χ0n) is 23.7. The molecule has 2 heterocycles. The van der Waals surface area contributed by atoms with Gasteiger partial charge >= 0.3 is 0 Å². The van der Waals surface area contributed by atoms with E-state index in [9.17, 15) is 8.42 Å². The van der Waals surface area contributed by atoms with Crippen LogP contribution in [-0.4, -0.2) is 61.6 Å².